The fourth-order valence-corrected chi connectivity index (χ4v) is 2.87. The zero-order valence-electron chi connectivity index (χ0n) is 17.8. The van der Waals surface area contributed by atoms with Crippen molar-refractivity contribution >= 4 is 29.5 Å². The van der Waals surface area contributed by atoms with Crippen molar-refractivity contribution in [1.29, 1.82) is 0 Å². The van der Waals surface area contributed by atoms with Gasteiger partial charge in [0, 0.05) is 12.5 Å². The van der Waals surface area contributed by atoms with Crippen LogP contribution < -0.4 is 10.1 Å². The van der Waals surface area contributed by atoms with Crippen LogP contribution >= 0.6 is 0 Å². The molecule has 192 valence electrons. The molecule has 1 heterocycles. The van der Waals surface area contributed by atoms with E-state index in [-0.39, 0.29) is 12.0 Å². The van der Waals surface area contributed by atoms with Crippen LogP contribution in [0.4, 0.5) is 10.5 Å². The van der Waals surface area contributed by atoms with Gasteiger partial charge in [-0.3, -0.25) is 19.7 Å². The molecule has 1 saturated heterocycles. The molecule has 1 aromatic rings. The van der Waals surface area contributed by atoms with Crippen molar-refractivity contribution in [2.75, 3.05) is 6.54 Å². The molecule has 1 fully saturated rings. The number of ketones is 1. The van der Waals surface area contributed by atoms with Gasteiger partial charge in [0.1, 0.15) is 24.9 Å². The number of aliphatic carboxylic acids is 2. The molecule has 1 amide bonds. The highest BCUT2D eigenvalue weighted by atomic mass is 16.7. The number of Topliss-reactive ketones (excluding diaryl/α,β-unsaturated/α-hetero) is 1. The number of carbonyl (C=O) groups is 4. The quantitative estimate of drug-likeness (QED) is 0.149. The topological polar surface area (TPSA) is 252 Å². The number of nitrogens with zero attached hydrogens (tertiary/aromatic N) is 1. The summed E-state index contributed by atoms with van der Waals surface area (Å²) in [5, 5.41) is 60.7. The maximum absolute atomic E-state index is 11.7. The number of hydrogen-bond donors (Lipinski definition) is 6. The SMILES string of the molecule is O=C(O)CCC(=O)CNC(=O)OCc1ccc(O[C@H]2O[C@H](C(=O)O)[C@@H](O)[C@H](O)[C@H]2O)c([N+](=O)[O-])c1. The van der Waals surface area contributed by atoms with Crippen molar-refractivity contribution in [3.8, 4) is 5.75 Å². The molecule has 16 nitrogen and oxygen atoms in total. The minimum absolute atomic E-state index is 0.111. The lowest BCUT2D eigenvalue weighted by molar-refractivity contribution is -0.387. The Bertz CT molecular complexity index is 982. The number of benzene rings is 1. The van der Waals surface area contributed by atoms with Crippen molar-refractivity contribution in [2.24, 2.45) is 0 Å². The summed E-state index contributed by atoms with van der Waals surface area (Å²) in [4.78, 5) is 55.3. The number of rotatable bonds is 11. The Morgan fingerprint density at radius 1 is 1.06 bits per heavy atom. The second-order valence-electron chi connectivity index (χ2n) is 7.27. The molecule has 1 aromatic carbocycles. The van der Waals surface area contributed by atoms with E-state index in [1.807, 2.05) is 0 Å². The molecular formula is C19H22N2O14. The summed E-state index contributed by atoms with van der Waals surface area (Å²) in [6, 6.07) is 3.24. The third-order valence-electron chi connectivity index (χ3n) is 4.69. The summed E-state index contributed by atoms with van der Waals surface area (Å²) in [7, 11) is 0. The fourth-order valence-electron chi connectivity index (χ4n) is 2.87. The van der Waals surface area contributed by atoms with Crippen molar-refractivity contribution in [2.45, 2.75) is 50.2 Å². The van der Waals surface area contributed by atoms with Gasteiger partial charge in [0.05, 0.1) is 17.9 Å². The summed E-state index contributed by atoms with van der Waals surface area (Å²) >= 11 is 0. The van der Waals surface area contributed by atoms with Gasteiger partial charge in [0.2, 0.25) is 6.29 Å². The van der Waals surface area contributed by atoms with Crippen molar-refractivity contribution in [1.82, 2.24) is 5.32 Å². The number of nitrogens with one attached hydrogen (secondary N) is 1. The van der Waals surface area contributed by atoms with Crippen molar-refractivity contribution in [3.05, 3.63) is 33.9 Å². The van der Waals surface area contributed by atoms with Crippen LogP contribution in [0.2, 0.25) is 0 Å². The molecule has 1 aliphatic heterocycles. The summed E-state index contributed by atoms with van der Waals surface area (Å²) in [5.41, 5.74) is -0.570. The van der Waals surface area contributed by atoms with Crippen LogP contribution in [0, 0.1) is 10.1 Å². The minimum Gasteiger partial charge on any atom is -0.481 e. The first kappa shape index (κ1) is 27.4. The molecule has 35 heavy (non-hydrogen) atoms. The van der Waals surface area contributed by atoms with E-state index in [1.165, 1.54) is 6.07 Å². The fraction of sp³-hybridized carbons (Fsp3) is 0.474. The summed E-state index contributed by atoms with van der Waals surface area (Å²) in [6.45, 7) is -0.939. The Balaban J connectivity index is 2.02. The van der Waals surface area contributed by atoms with Crippen LogP contribution in [0.1, 0.15) is 18.4 Å². The number of carbonyl (C=O) groups excluding carboxylic acids is 2. The first-order valence-electron chi connectivity index (χ1n) is 9.91. The second-order valence-corrected chi connectivity index (χ2v) is 7.27. The Kier molecular flexibility index (Phi) is 9.41. The zero-order chi connectivity index (χ0) is 26.3. The second kappa shape index (κ2) is 12.0. The summed E-state index contributed by atoms with van der Waals surface area (Å²) in [5.74, 6) is -3.86. The molecule has 0 bridgehead atoms. The Labute approximate surface area is 195 Å². The number of ether oxygens (including phenoxy) is 3. The van der Waals surface area contributed by atoms with Crippen LogP contribution in [0.5, 0.6) is 5.75 Å². The standard InChI is InChI=1S/C19H22N2O14/c22-9(2-4-12(23)24)6-20-19(30)33-7-8-1-3-11(10(5-8)21(31)32)34-18-15(27)13(25)14(26)16(35-18)17(28)29/h1,3,5,13-16,18,25-27H,2,4,6-7H2,(H,20,30)(H,23,24)(H,28,29)/t13-,14-,15+,16-,18-/m0/s1. The van der Waals surface area contributed by atoms with Gasteiger partial charge in [0.15, 0.2) is 17.6 Å². The monoisotopic (exact) mass is 502 g/mol. The average Bonchev–Trinajstić information content (AvgIpc) is 2.80. The first-order chi connectivity index (χ1) is 16.4. The van der Waals surface area contributed by atoms with E-state index in [0.29, 0.717) is 0 Å². The number of alkyl carbamates (subject to hydrolysis) is 1. The summed E-state index contributed by atoms with van der Waals surface area (Å²) < 4.78 is 15.0. The first-order valence-corrected chi connectivity index (χ1v) is 9.91. The molecule has 0 radical (unpaired) electrons. The average molecular weight is 502 g/mol. The van der Waals surface area contributed by atoms with Gasteiger partial charge in [-0.05, 0) is 11.6 Å². The van der Waals surface area contributed by atoms with Gasteiger partial charge in [-0.15, -0.1) is 0 Å². The lowest BCUT2D eigenvalue weighted by atomic mass is 9.99. The number of hydrogen-bond acceptors (Lipinski definition) is 12. The molecule has 0 saturated carbocycles. The number of amides is 1. The molecular weight excluding hydrogens is 480 g/mol. The lowest BCUT2D eigenvalue weighted by Crippen LogP contribution is -2.61. The third-order valence-corrected chi connectivity index (χ3v) is 4.69. The van der Waals surface area contributed by atoms with Gasteiger partial charge in [-0.2, -0.15) is 0 Å². The Hall–Kier alpha value is -3.86. The van der Waals surface area contributed by atoms with E-state index < -0.39 is 90.5 Å². The van der Waals surface area contributed by atoms with E-state index in [0.717, 1.165) is 12.1 Å². The Morgan fingerprint density at radius 2 is 1.74 bits per heavy atom. The van der Waals surface area contributed by atoms with Crippen LogP contribution in [0.15, 0.2) is 18.2 Å². The summed E-state index contributed by atoms with van der Waals surface area (Å²) in [6.07, 6.45) is -11.5. The lowest BCUT2D eigenvalue weighted by Gasteiger charge is -2.38. The number of carboxylic acid groups (broad SMARTS) is 2. The number of aliphatic hydroxyl groups excluding tert-OH is 3. The molecule has 0 aromatic heterocycles. The molecule has 1 aliphatic rings. The maximum atomic E-state index is 11.7. The third kappa shape index (κ3) is 7.57. The molecule has 0 unspecified atom stereocenters. The maximum Gasteiger partial charge on any atom is 0.407 e. The highest BCUT2D eigenvalue weighted by molar-refractivity contribution is 5.86. The molecule has 5 atom stereocenters. The number of nitro groups is 1. The zero-order valence-corrected chi connectivity index (χ0v) is 17.8. The van der Waals surface area contributed by atoms with Gasteiger partial charge < -0.3 is 45.1 Å². The molecule has 6 N–H and O–H groups in total. The number of nitro benzene ring substituents is 1. The van der Waals surface area contributed by atoms with E-state index in [9.17, 15) is 44.6 Å². The molecule has 0 aliphatic carbocycles. The van der Waals surface area contributed by atoms with Crippen molar-refractivity contribution in [3.63, 3.8) is 0 Å². The van der Waals surface area contributed by atoms with Crippen LogP contribution in [0.3, 0.4) is 0 Å². The van der Waals surface area contributed by atoms with E-state index in [4.69, 9.17) is 24.4 Å². The van der Waals surface area contributed by atoms with Crippen molar-refractivity contribution < 1.29 is 63.8 Å². The number of aliphatic hydroxyl groups is 3. The predicted molar refractivity (Wildman–Crippen MR) is 108 cm³/mol. The van der Waals surface area contributed by atoms with Gasteiger partial charge in [-0.25, -0.2) is 9.59 Å². The van der Waals surface area contributed by atoms with Gasteiger partial charge in [0.25, 0.3) is 0 Å². The van der Waals surface area contributed by atoms with E-state index in [1.54, 1.807) is 0 Å². The van der Waals surface area contributed by atoms with Gasteiger partial charge in [-0.1, -0.05) is 6.07 Å². The molecule has 2 rings (SSSR count). The largest absolute Gasteiger partial charge is 0.481 e. The highest BCUT2D eigenvalue weighted by Crippen LogP contribution is 2.32. The van der Waals surface area contributed by atoms with Crippen LogP contribution in [-0.4, -0.2) is 91.5 Å². The predicted octanol–water partition coefficient (Wildman–Crippen LogP) is -1.47. The van der Waals surface area contributed by atoms with Crippen LogP contribution in [0.25, 0.3) is 0 Å². The van der Waals surface area contributed by atoms with E-state index >= 15 is 0 Å². The van der Waals surface area contributed by atoms with Gasteiger partial charge >= 0.3 is 23.7 Å². The minimum atomic E-state index is -1.98. The van der Waals surface area contributed by atoms with E-state index in [2.05, 4.69) is 5.32 Å². The number of carboxylic acids is 2. The Morgan fingerprint density at radius 3 is 2.34 bits per heavy atom. The van der Waals surface area contributed by atoms with Crippen LogP contribution in [-0.2, 0) is 30.5 Å². The smallest absolute Gasteiger partial charge is 0.407 e. The highest BCUT2D eigenvalue weighted by Gasteiger charge is 2.48. The molecule has 0 spiro atoms. The molecule has 16 heteroatoms. The normalized spacial score (nSPS) is 23.7.